The minimum atomic E-state index is 0.980. The van der Waals surface area contributed by atoms with E-state index in [1.54, 1.807) is 0 Å². The first-order valence-corrected chi connectivity index (χ1v) is 16.4. The third-order valence-corrected chi connectivity index (χ3v) is 9.68. The van der Waals surface area contributed by atoms with Gasteiger partial charge >= 0.3 is 0 Å². The Kier molecular flexibility index (Phi) is 5.87. The molecule has 0 saturated heterocycles. The Morgan fingerprint density at radius 3 is 1.73 bits per heavy atom. The van der Waals surface area contributed by atoms with Crippen LogP contribution >= 0.6 is 0 Å². The molecule has 0 unspecified atom stereocenters. The molecule has 10 rings (SSSR count). The van der Waals surface area contributed by atoms with Crippen molar-refractivity contribution in [2.75, 3.05) is 0 Å². The summed E-state index contributed by atoms with van der Waals surface area (Å²) >= 11 is 0. The maximum atomic E-state index is 4.98. The summed E-state index contributed by atoms with van der Waals surface area (Å²) in [6.45, 7) is 0. The summed E-state index contributed by atoms with van der Waals surface area (Å²) in [6, 6.07) is 63.1. The summed E-state index contributed by atoms with van der Waals surface area (Å²) < 4.78 is 4.89. The fourth-order valence-corrected chi connectivity index (χ4v) is 7.51. The normalized spacial score (nSPS) is 11.8. The van der Waals surface area contributed by atoms with Gasteiger partial charge in [-0.05, 0) is 71.8 Å². The molecule has 10 aromatic rings. The van der Waals surface area contributed by atoms with E-state index in [0.717, 1.165) is 33.5 Å². The van der Waals surface area contributed by atoms with E-state index < -0.39 is 0 Å². The quantitative estimate of drug-likeness (QED) is 0.194. The summed E-state index contributed by atoms with van der Waals surface area (Å²) in [5.74, 6) is 0. The van der Waals surface area contributed by atoms with Crippen LogP contribution in [0.5, 0.6) is 0 Å². The molecule has 0 fully saturated rings. The predicted octanol–water partition coefficient (Wildman–Crippen LogP) is 11.8. The maximum absolute atomic E-state index is 4.98. The van der Waals surface area contributed by atoms with Crippen molar-refractivity contribution in [3.63, 3.8) is 0 Å². The standard InChI is InChI=1S/C45H29N3/c1-3-15-34(16-4-1)47-42-21-10-8-19-36(42)37-24-25-38-39-29-32(23-27-43(39)48(45(38)44(37)47)35-17-5-2-6-18-35)31-13-11-14-33(28-31)41-26-22-30-12-7-9-20-40(30)46-41/h1-29H. The van der Waals surface area contributed by atoms with Gasteiger partial charge in [-0.2, -0.15) is 0 Å². The lowest BCUT2D eigenvalue weighted by Crippen LogP contribution is -1.98. The van der Waals surface area contributed by atoms with E-state index in [-0.39, 0.29) is 0 Å². The average Bonchev–Trinajstić information content (AvgIpc) is 3.68. The molecule has 0 saturated carbocycles. The molecule has 7 aromatic carbocycles. The minimum Gasteiger partial charge on any atom is -0.307 e. The highest BCUT2D eigenvalue weighted by molar-refractivity contribution is 6.24. The summed E-state index contributed by atoms with van der Waals surface area (Å²) in [5, 5.41) is 6.11. The number of hydrogen-bond acceptors (Lipinski definition) is 1. The van der Waals surface area contributed by atoms with Crippen LogP contribution in [0, 0.1) is 0 Å². The van der Waals surface area contributed by atoms with Crippen molar-refractivity contribution in [3.8, 4) is 33.8 Å². The van der Waals surface area contributed by atoms with Crippen LogP contribution in [0.15, 0.2) is 176 Å². The molecule has 3 aromatic heterocycles. The second kappa shape index (κ2) is 10.5. The first kappa shape index (κ1) is 26.7. The van der Waals surface area contributed by atoms with Crippen LogP contribution in [0.3, 0.4) is 0 Å². The molecule has 0 aliphatic rings. The van der Waals surface area contributed by atoms with E-state index in [1.165, 1.54) is 54.7 Å². The number of pyridine rings is 1. The Bertz CT molecular complexity index is 2820. The van der Waals surface area contributed by atoms with Gasteiger partial charge < -0.3 is 9.13 Å². The molecule has 0 aliphatic heterocycles. The van der Waals surface area contributed by atoms with E-state index >= 15 is 0 Å². The molecule has 0 aliphatic carbocycles. The van der Waals surface area contributed by atoms with E-state index in [4.69, 9.17) is 4.98 Å². The number of benzene rings is 7. The third kappa shape index (κ3) is 4.04. The van der Waals surface area contributed by atoms with E-state index in [2.05, 4.69) is 179 Å². The number of fused-ring (bicyclic) bond motifs is 8. The van der Waals surface area contributed by atoms with Crippen molar-refractivity contribution in [3.05, 3.63) is 176 Å². The van der Waals surface area contributed by atoms with E-state index in [0.29, 0.717) is 0 Å². The van der Waals surface area contributed by atoms with Gasteiger partial charge in [-0.25, -0.2) is 4.98 Å². The van der Waals surface area contributed by atoms with Gasteiger partial charge in [-0.1, -0.05) is 115 Å². The fraction of sp³-hybridized carbons (Fsp3) is 0. The van der Waals surface area contributed by atoms with Crippen LogP contribution in [0.1, 0.15) is 0 Å². The molecular formula is C45H29N3. The molecule has 224 valence electrons. The maximum Gasteiger partial charge on any atom is 0.0788 e. The van der Waals surface area contributed by atoms with Gasteiger partial charge in [0.25, 0.3) is 0 Å². The monoisotopic (exact) mass is 611 g/mol. The Labute approximate surface area is 277 Å². The lowest BCUT2D eigenvalue weighted by atomic mass is 9.99. The lowest BCUT2D eigenvalue weighted by molar-refractivity contribution is 1.15. The molecule has 3 heterocycles. The Hall–Kier alpha value is -6.45. The van der Waals surface area contributed by atoms with Crippen molar-refractivity contribution in [1.29, 1.82) is 0 Å². The van der Waals surface area contributed by atoms with Crippen LogP contribution in [-0.4, -0.2) is 14.1 Å². The minimum absolute atomic E-state index is 0.980. The summed E-state index contributed by atoms with van der Waals surface area (Å²) in [4.78, 5) is 4.98. The van der Waals surface area contributed by atoms with Crippen LogP contribution in [0.25, 0.3) is 88.3 Å². The van der Waals surface area contributed by atoms with Gasteiger partial charge in [0, 0.05) is 43.9 Å². The van der Waals surface area contributed by atoms with Crippen LogP contribution < -0.4 is 0 Å². The second-order valence-electron chi connectivity index (χ2n) is 12.4. The summed E-state index contributed by atoms with van der Waals surface area (Å²) in [5.41, 5.74) is 12.6. The highest BCUT2D eigenvalue weighted by atomic mass is 15.0. The molecule has 0 radical (unpaired) electrons. The largest absolute Gasteiger partial charge is 0.307 e. The van der Waals surface area contributed by atoms with Gasteiger partial charge in [0.1, 0.15) is 0 Å². The van der Waals surface area contributed by atoms with Crippen molar-refractivity contribution in [2.45, 2.75) is 0 Å². The lowest BCUT2D eigenvalue weighted by Gasteiger charge is -2.12. The number of aromatic nitrogens is 3. The number of nitrogens with zero attached hydrogens (tertiary/aromatic N) is 3. The Balaban J connectivity index is 1.25. The zero-order valence-corrected chi connectivity index (χ0v) is 26.1. The SMILES string of the molecule is c1ccc(-n2c3ccccc3c3ccc4c5cc(-c6cccc(-c7ccc8ccccc8n7)c6)ccc5n(-c5ccccc5)c4c32)cc1. The van der Waals surface area contributed by atoms with Crippen molar-refractivity contribution < 1.29 is 0 Å². The Morgan fingerprint density at radius 1 is 0.354 bits per heavy atom. The zero-order chi connectivity index (χ0) is 31.6. The van der Waals surface area contributed by atoms with Gasteiger partial charge in [-0.3, -0.25) is 0 Å². The first-order valence-electron chi connectivity index (χ1n) is 16.4. The molecule has 0 N–H and O–H groups in total. The van der Waals surface area contributed by atoms with E-state index in [9.17, 15) is 0 Å². The van der Waals surface area contributed by atoms with Gasteiger partial charge in [0.05, 0.1) is 33.3 Å². The Morgan fingerprint density at radius 2 is 0.958 bits per heavy atom. The smallest absolute Gasteiger partial charge is 0.0788 e. The summed E-state index contributed by atoms with van der Waals surface area (Å²) in [6.07, 6.45) is 0. The average molecular weight is 612 g/mol. The molecule has 0 bridgehead atoms. The molecule has 0 amide bonds. The zero-order valence-electron chi connectivity index (χ0n) is 26.1. The third-order valence-electron chi connectivity index (χ3n) is 9.68. The highest BCUT2D eigenvalue weighted by Crippen LogP contribution is 2.42. The molecule has 0 spiro atoms. The first-order chi connectivity index (χ1) is 23.8. The van der Waals surface area contributed by atoms with Crippen molar-refractivity contribution in [1.82, 2.24) is 14.1 Å². The van der Waals surface area contributed by atoms with E-state index in [1.807, 2.05) is 6.07 Å². The van der Waals surface area contributed by atoms with Gasteiger partial charge in [0.15, 0.2) is 0 Å². The molecule has 3 heteroatoms. The fourth-order valence-electron chi connectivity index (χ4n) is 7.51. The number of hydrogen-bond donors (Lipinski definition) is 0. The van der Waals surface area contributed by atoms with Gasteiger partial charge in [-0.15, -0.1) is 0 Å². The van der Waals surface area contributed by atoms with Crippen molar-refractivity contribution >= 4 is 54.5 Å². The van der Waals surface area contributed by atoms with Gasteiger partial charge in [0.2, 0.25) is 0 Å². The second-order valence-corrected chi connectivity index (χ2v) is 12.4. The molecule has 3 nitrogen and oxygen atoms in total. The van der Waals surface area contributed by atoms with Crippen LogP contribution in [0.2, 0.25) is 0 Å². The summed E-state index contributed by atoms with van der Waals surface area (Å²) in [7, 11) is 0. The van der Waals surface area contributed by atoms with Crippen LogP contribution in [0.4, 0.5) is 0 Å². The molecule has 48 heavy (non-hydrogen) atoms. The number of para-hydroxylation sites is 4. The highest BCUT2D eigenvalue weighted by Gasteiger charge is 2.21. The van der Waals surface area contributed by atoms with Crippen molar-refractivity contribution in [2.24, 2.45) is 0 Å². The number of rotatable bonds is 4. The van der Waals surface area contributed by atoms with Crippen LogP contribution in [-0.2, 0) is 0 Å². The topological polar surface area (TPSA) is 22.8 Å². The predicted molar refractivity (Wildman–Crippen MR) is 201 cm³/mol. The molecular weight excluding hydrogens is 583 g/mol. The molecule has 0 atom stereocenters.